The van der Waals surface area contributed by atoms with E-state index in [0.717, 1.165) is 5.01 Å². The Morgan fingerprint density at radius 1 is 1.50 bits per heavy atom. The number of amides is 1. The molecule has 1 amide bonds. The quantitative estimate of drug-likeness (QED) is 0.615. The molecule has 5 heteroatoms. The van der Waals surface area contributed by atoms with Crippen molar-refractivity contribution in [1.29, 1.82) is 0 Å². The minimum absolute atomic E-state index is 0.572. The predicted molar refractivity (Wildman–Crippen MR) is 61.4 cm³/mol. The summed E-state index contributed by atoms with van der Waals surface area (Å²) in [5.41, 5.74) is 0.0508. The Morgan fingerprint density at radius 3 is 2.62 bits per heavy atom. The van der Waals surface area contributed by atoms with Gasteiger partial charge >= 0.3 is 6.09 Å². The number of carbonyl (C=O) groups is 1. The second-order valence-electron chi connectivity index (χ2n) is 4.26. The molecule has 0 aliphatic carbocycles. The Kier molecular flexibility index (Phi) is 3.60. The zero-order valence-corrected chi connectivity index (χ0v) is 9.58. The van der Waals surface area contributed by atoms with Crippen molar-refractivity contribution in [2.45, 2.75) is 26.3 Å². The van der Waals surface area contributed by atoms with E-state index in [1.54, 1.807) is 39.1 Å². The molecule has 0 spiro atoms. The van der Waals surface area contributed by atoms with Gasteiger partial charge in [0, 0.05) is 6.20 Å². The monoisotopic (exact) mass is 221 g/mol. The predicted octanol–water partition coefficient (Wildman–Crippen LogP) is 2.19. The van der Waals surface area contributed by atoms with Crippen LogP contribution in [0.15, 0.2) is 29.5 Å². The lowest BCUT2D eigenvalue weighted by Crippen LogP contribution is -2.41. The molecule has 0 unspecified atom stereocenters. The Bertz CT molecular complexity index is 382. The summed E-state index contributed by atoms with van der Waals surface area (Å²) in [7, 11) is 0. The van der Waals surface area contributed by atoms with Gasteiger partial charge in [-0.05, 0) is 32.9 Å². The van der Waals surface area contributed by atoms with E-state index in [1.165, 1.54) is 6.21 Å². The van der Waals surface area contributed by atoms with Crippen molar-refractivity contribution in [2.75, 3.05) is 0 Å². The molecule has 1 heterocycles. The van der Waals surface area contributed by atoms with Crippen molar-refractivity contribution in [1.82, 2.24) is 9.99 Å². The molecule has 0 saturated carbocycles. The van der Waals surface area contributed by atoms with Crippen LogP contribution in [0.2, 0.25) is 0 Å². The lowest BCUT2D eigenvalue weighted by Gasteiger charge is -2.27. The Hall–Kier alpha value is -1.91. The van der Waals surface area contributed by atoms with Crippen LogP contribution in [-0.2, 0) is 0 Å². The molecule has 0 aromatic carbocycles. The molecule has 0 aliphatic rings. The van der Waals surface area contributed by atoms with Crippen LogP contribution in [0, 0.1) is 0 Å². The van der Waals surface area contributed by atoms with Crippen LogP contribution in [0.4, 0.5) is 4.79 Å². The highest BCUT2D eigenvalue weighted by molar-refractivity contribution is 5.78. The summed E-state index contributed by atoms with van der Waals surface area (Å²) in [6.07, 6.45) is 1.97. The van der Waals surface area contributed by atoms with E-state index in [9.17, 15) is 4.79 Å². The maximum Gasteiger partial charge on any atom is 0.428 e. The van der Waals surface area contributed by atoms with Crippen molar-refractivity contribution in [3.63, 3.8) is 0 Å². The van der Waals surface area contributed by atoms with Gasteiger partial charge in [-0.15, -0.1) is 0 Å². The molecular weight excluding hydrogens is 206 g/mol. The molecule has 1 N–H and O–H groups in total. The fourth-order valence-electron chi connectivity index (χ4n) is 1.08. The summed E-state index contributed by atoms with van der Waals surface area (Å²) >= 11 is 0. The highest BCUT2D eigenvalue weighted by atomic mass is 16.4. The van der Waals surface area contributed by atoms with Crippen molar-refractivity contribution < 1.29 is 9.90 Å². The van der Waals surface area contributed by atoms with Crippen molar-refractivity contribution in [3.8, 4) is 0 Å². The Morgan fingerprint density at radius 2 is 2.19 bits per heavy atom. The van der Waals surface area contributed by atoms with E-state index >= 15 is 0 Å². The van der Waals surface area contributed by atoms with E-state index in [1.807, 2.05) is 6.07 Å². The topological polar surface area (TPSA) is 65.8 Å². The largest absolute Gasteiger partial charge is 0.464 e. The van der Waals surface area contributed by atoms with Gasteiger partial charge in [0.1, 0.15) is 0 Å². The molecule has 86 valence electrons. The molecule has 16 heavy (non-hydrogen) atoms. The summed E-state index contributed by atoms with van der Waals surface area (Å²) in [6.45, 7) is 5.32. The standard InChI is InChI=1S/C11H15N3O2/c1-11(2,3)14(10(15)16)13-8-9-6-4-5-7-12-9/h4-8H,1-3H3,(H,15,16). The number of pyridine rings is 1. The van der Waals surface area contributed by atoms with Gasteiger partial charge in [-0.1, -0.05) is 6.07 Å². The number of nitrogens with zero attached hydrogens (tertiary/aromatic N) is 3. The van der Waals surface area contributed by atoms with E-state index < -0.39 is 11.6 Å². The van der Waals surface area contributed by atoms with Gasteiger partial charge in [-0.25, -0.2) is 4.79 Å². The van der Waals surface area contributed by atoms with Gasteiger partial charge in [-0.3, -0.25) is 4.98 Å². The first-order chi connectivity index (χ1) is 7.41. The summed E-state index contributed by atoms with van der Waals surface area (Å²) in [6, 6.07) is 5.36. The van der Waals surface area contributed by atoms with E-state index in [2.05, 4.69) is 10.1 Å². The molecule has 0 fully saturated rings. The smallest absolute Gasteiger partial charge is 0.428 e. The summed E-state index contributed by atoms with van der Waals surface area (Å²) in [5, 5.41) is 13.9. The molecule has 5 nitrogen and oxygen atoms in total. The maximum atomic E-state index is 11.0. The van der Waals surface area contributed by atoms with Crippen molar-refractivity contribution in [2.24, 2.45) is 5.10 Å². The van der Waals surface area contributed by atoms with Crippen molar-refractivity contribution >= 4 is 12.3 Å². The number of rotatable bonds is 2. The molecular formula is C11H15N3O2. The van der Waals surface area contributed by atoms with Crippen molar-refractivity contribution in [3.05, 3.63) is 30.1 Å². The van der Waals surface area contributed by atoms with Crippen LogP contribution >= 0.6 is 0 Å². The van der Waals surface area contributed by atoms with Gasteiger partial charge in [-0.2, -0.15) is 10.1 Å². The summed E-state index contributed by atoms with van der Waals surface area (Å²) in [4.78, 5) is 15.0. The molecule has 1 aromatic heterocycles. The number of hydrogen-bond acceptors (Lipinski definition) is 3. The zero-order valence-electron chi connectivity index (χ0n) is 9.58. The average Bonchev–Trinajstić information content (AvgIpc) is 2.17. The SMILES string of the molecule is CC(C)(C)N(N=Cc1ccccn1)C(=O)O. The number of hydrogen-bond donors (Lipinski definition) is 1. The highest BCUT2D eigenvalue weighted by Gasteiger charge is 2.25. The first-order valence-corrected chi connectivity index (χ1v) is 4.89. The first-order valence-electron chi connectivity index (χ1n) is 4.89. The normalized spacial score (nSPS) is 11.7. The molecule has 1 aromatic rings. The van der Waals surface area contributed by atoms with Crippen LogP contribution in [0.5, 0.6) is 0 Å². The number of hydrazone groups is 1. The van der Waals surface area contributed by atoms with Gasteiger partial charge in [0.2, 0.25) is 0 Å². The second-order valence-corrected chi connectivity index (χ2v) is 4.26. The van der Waals surface area contributed by atoms with Gasteiger partial charge < -0.3 is 5.11 Å². The fraction of sp³-hybridized carbons (Fsp3) is 0.364. The number of aromatic nitrogens is 1. The van der Waals surface area contributed by atoms with Gasteiger partial charge in [0.25, 0.3) is 0 Å². The summed E-state index contributed by atoms with van der Waals surface area (Å²) < 4.78 is 0. The van der Waals surface area contributed by atoms with Crippen LogP contribution in [-0.4, -0.2) is 32.9 Å². The zero-order chi connectivity index (χ0) is 12.2. The molecule has 0 bridgehead atoms. The lowest BCUT2D eigenvalue weighted by atomic mass is 10.1. The Labute approximate surface area is 94.4 Å². The minimum Gasteiger partial charge on any atom is -0.464 e. The van der Waals surface area contributed by atoms with Gasteiger partial charge in [0.15, 0.2) is 0 Å². The van der Waals surface area contributed by atoms with Gasteiger partial charge in [0.05, 0.1) is 17.4 Å². The average molecular weight is 221 g/mol. The lowest BCUT2D eigenvalue weighted by molar-refractivity contribution is 0.103. The first kappa shape index (κ1) is 12.2. The Balaban J connectivity index is 2.85. The third-order valence-electron chi connectivity index (χ3n) is 1.81. The summed E-state index contributed by atoms with van der Waals surface area (Å²) in [5.74, 6) is 0. The van der Waals surface area contributed by atoms with Crippen LogP contribution in [0.1, 0.15) is 26.5 Å². The molecule has 0 saturated heterocycles. The number of carboxylic acid groups (broad SMARTS) is 1. The fourth-order valence-corrected chi connectivity index (χ4v) is 1.08. The van der Waals surface area contributed by atoms with E-state index in [4.69, 9.17) is 5.11 Å². The van der Waals surface area contributed by atoms with Crippen LogP contribution in [0.3, 0.4) is 0 Å². The second kappa shape index (κ2) is 4.74. The van der Waals surface area contributed by atoms with Crippen LogP contribution < -0.4 is 0 Å². The maximum absolute atomic E-state index is 11.0. The molecule has 0 aliphatic heterocycles. The highest BCUT2D eigenvalue weighted by Crippen LogP contribution is 2.13. The van der Waals surface area contributed by atoms with E-state index in [0.29, 0.717) is 5.69 Å². The van der Waals surface area contributed by atoms with E-state index in [-0.39, 0.29) is 0 Å². The molecule has 1 rings (SSSR count). The van der Waals surface area contributed by atoms with Crippen LogP contribution in [0.25, 0.3) is 0 Å². The molecule has 0 atom stereocenters. The third kappa shape index (κ3) is 3.34. The third-order valence-corrected chi connectivity index (χ3v) is 1.81. The molecule has 0 radical (unpaired) electrons. The minimum atomic E-state index is -1.08.